The Labute approximate surface area is 160 Å². The molecule has 4 aromatic rings. The van der Waals surface area contributed by atoms with Gasteiger partial charge in [0, 0.05) is 16.8 Å². The van der Waals surface area contributed by atoms with Crippen LogP contribution in [0.1, 0.15) is 4.88 Å². The van der Waals surface area contributed by atoms with E-state index in [0.717, 1.165) is 15.6 Å². The number of rotatable bonds is 5. The molecule has 0 aliphatic carbocycles. The van der Waals surface area contributed by atoms with Crippen LogP contribution in [0.2, 0.25) is 0 Å². The highest BCUT2D eigenvalue weighted by molar-refractivity contribution is 9.11. The first-order chi connectivity index (χ1) is 12.6. The first kappa shape index (κ1) is 17.0. The Morgan fingerprint density at radius 1 is 1.27 bits per heavy atom. The van der Waals surface area contributed by atoms with Gasteiger partial charge < -0.3 is 9.73 Å². The second kappa shape index (κ2) is 7.05. The Morgan fingerprint density at radius 3 is 2.92 bits per heavy atom. The average molecular weight is 432 g/mol. The van der Waals surface area contributed by atoms with E-state index in [1.807, 2.05) is 30.3 Å². The molecular formula is C18H14BrN3O3S. The maximum absolute atomic E-state index is 12.6. The fourth-order valence-corrected chi connectivity index (χ4v) is 4.23. The Kier molecular flexibility index (Phi) is 4.60. The van der Waals surface area contributed by atoms with Gasteiger partial charge in [0.05, 0.1) is 10.1 Å². The van der Waals surface area contributed by atoms with Crippen LogP contribution in [-0.4, -0.2) is 22.0 Å². The van der Waals surface area contributed by atoms with Crippen LogP contribution >= 0.6 is 27.3 Å². The van der Waals surface area contributed by atoms with Crippen molar-refractivity contribution in [3.63, 3.8) is 0 Å². The molecule has 0 spiro atoms. The van der Waals surface area contributed by atoms with Gasteiger partial charge in [0.15, 0.2) is 0 Å². The number of thiophene rings is 1. The van der Waals surface area contributed by atoms with Crippen molar-refractivity contribution in [2.45, 2.75) is 13.0 Å². The number of carbonyl (C=O) groups excluding carboxylic acids is 1. The van der Waals surface area contributed by atoms with Gasteiger partial charge in [-0.05, 0) is 46.6 Å². The first-order valence-corrected chi connectivity index (χ1v) is 9.60. The molecule has 6 nitrogen and oxygen atoms in total. The zero-order valence-electron chi connectivity index (χ0n) is 13.6. The number of carbonyl (C=O) groups is 1. The van der Waals surface area contributed by atoms with Crippen molar-refractivity contribution in [2.24, 2.45) is 0 Å². The van der Waals surface area contributed by atoms with Crippen molar-refractivity contribution in [1.82, 2.24) is 14.9 Å². The van der Waals surface area contributed by atoms with E-state index in [-0.39, 0.29) is 23.6 Å². The summed E-state index contributed by atoms with van der Waals surface area (Å²) in [5.41, 5.74) is 0.940. The molecule has 0 fully saturated rings. The molecule has 0 saturated heterocycles. The molecule has 8 heteroatoms. The summed E-state index contributed by atoms with van der Waals surface area (Å²) in [4.78, 5) is 30.2. The summed E-state index contributed by atoms with van der Waals surface area (Å²) < 4.78 is 7.95. The number of para-hydroxylation sites is 1. The Hall–Kier alpha value is -2.45. The molecule has 1 aromatic carbocycles. The number of nitrogens with zero attached hydrogens (tertiary/aromatic N) is 2. The summed E-state index contributed by atoms with van der Waals surface area (Å²) in [5, 5.41) is 3.62. The summed E-state index contributed by atoms with van der Waals surface area (Å²) >= 11 is 5.05. The SMILES string of the molecule is O=C(Cn1cnc2c(oc3ccccc32)c1=O)NCCc1ccc(Br)s1. The lowest BCUT2D eigenvalue weighted by molar-refractivity contribution is -0.121. The monoisotopic (exact) mass is 431 g/mol. The fraction of sp³-hybridized carbons (Fsp3) is 0.167. The maximum atomic E-state index is 12.6. The molecule has 0 bridgehead atoms. The average Bonchev–Trinajstić information content (AvgIpc) is 3.21. The summed E-state index contributed by atoms with van der Waals surface area (Å²) in [6.45, 7) is 0.424. The molecule has 0 unspecified atom stereocenters. The molecule has 132 valence electrons. The normalized spacial score (nSPS) is 11.3. The van der Waals surface area contributed by atoms with E-state index in [4.69, 9.17) is 4.42 Å². The van der Waals surface area contributed by atoms with Gasteiger partial charge in [-0.3, -0.25) is 14.2 Å². The number of halogens is 1. The highest BCUT2D eigenvalue weighted by atomic mass is 79.9. The van der Waals surface area contributed by atoms with E-state index in [1.165, 1.54) is 15.8 Å². The molecule has 1 amide bonds. The number of benzene rings is 1. The van der Waals surface area contributed by atoms with Crippen molar-refractivity contribution in [1.29, 1.82) is 0 Å². The van der Waals surface area contributed by atoms with E-state index in [0.29, 0.717) is 17.6 Å². The van der Waals surface area contributed by atoms with Crippen LogP contribution in [0, 0.1) is 0 Å². The number of nitrogens with one attached hydrogen (secondary N) is 1. The zero-order valence-corrected chi connectivity index (χ0v) is 16.0. The lowest BCUT2D eigenvalue weighted by atomic mass is 10.2. The van der Waals surface area contributed by atoms with Crippen LogP contribution in [0.4, 0.5) is 0 Å². The minimum Gasteiger partial charge on any atom is -0.448 e. The molecule has 0 atom stereocenters. The predicted molar refractivity (Wildman–Crippen MR) is 105 cm³/mol. The van der Waals surface area contributed by atoms with Gasteiger partial charge in [-0.25, -0.2) is 4.98 Å². The second-order valence-electron chi connectivity index (χ2n) is 5.76. The van der Waals surface area contributed by atoms with Crippen LogP contribution in [0.15, 0.2) is 55.7 Å². The van der Waals surface area contributed by atoms with Gasteiger partial charge in [0.25, 0.3) is 5.56 Å². The van der Waals surface area contributed by atoms with Gasteiger partial charge in [0.2, 0.25) is 11.5 Å². The van der Waals surface area contributed by atoms with Gasteiger partial charge in [-0.2, -0.15) is 0 Å². The third-order valence-electron chi connectivity index (χ3n) is 3.99. The minimum atomic E-state index is -0.358. The predicted octanol–water partition coefficient (Wildman–Crippen LogP) is 3.33. The highest BCUT2D eigenvalue weighted by Crippen LogP contribution is 2.24. The standard InChI is InChI=1S/C18H14BrN3O3S/c19-14-6-5-11(26-14)7-8-20-15(23)9-22-10-21-16-12-3-1-2-4-13(12)25-17(16)18(22)24/h1-6,10H,7-9H2,(H,20,23). The highest BCUT2D eigenvalue weighted by Gasteiger charge is 2.14. The second-order valence-corrected chi connectivity index (χ2v) is 8.31. The lowest BCUT2D eigenvalue weighted by Crippen LogP contribution is -2.33. The van der Waals surface area contributed by atoms with Crippen molar-refractivity contribution in [3.05, 3.63) is 61.7 Å². The van der Waals surface area contributed by atoms with E-state index < -0.39 is 0 Å². The largest absolute Gasteiger partial charge is 0.448 e. The van der Waals surface area contributed by atoms with Gasteiger partial charge >= 0.3 is 0 Å². The number of amides is 1. The molecular weight excluding hydrogens is 418 g/mol. The number of hydrogen-bond acceptors (Lipinski definition) is 5. The van der Waals surface area contributed by atoms with Crippen molar-refractivity contribution in [2.75, 3.05) is 6.54 Å². The number of furan rings is 1. The molecule has 0 aliphatic rings. The van der Waals surface area contributed by atoms with Crippen LogP contribution in [0.3, 0.4) is 0 Å². The van der Waals surface area contributed by atoms with E-state index in [1.54, 1.807) is 17.4 Å². The van der Waals surface area contributed by atoms with Crippen LogP contribution < -0.4 is 10.9 Å². The number of hydrogen-bond donors (Lipinski definition) is 1. The molecule has 3 heterocycles. The molecule has 1 N–H and O–H groups in total. The summed E-state index contributed by atoms with van der Waals surface area (Å²) in [7, 11) is 0. The minimum absolute atomic E-state index is 0.0903. The first-order valence-electron chi connectivity index (χ1n) is 7.99. The Bertz CT molecular complexity index is 1160. The molecule has 3 aromatic heterocycles. The van der Waals surface area contributed by atoms with Crippen LogP contribution in [-0.2, 0) is 17.8 Å². The summed E-state index contributed by atoms with van der Waals surface area (Å²) in [6, 6.07) is 11.3. The zero-order chi connectivity index (χ0) is 18.1. The third kappa shape index (κ3) is 3.30. The molecule has 26 heavy (non-hydrogen) atoms. The Balaban J connectivity index is 1.48. The third-order valence-corrected chi connectivity index (χ3v) is 5.67. The molecule has 0 saturated carbocycles. The van der Waals surface area contributed by atoms with Crippen molar-refractivity contribution >= 4 is 55.2 Å². The number of fused-ring (bicyclic) bond motifs is 3. The molecule has 0 radical (unpaired) electrons. The van der Waals surface area contributed by atoms with Crippen LogP contribution in [0.25, 0.3) is 22.1 Å². The fourth-order valence-electron chi connectivity index (χ4n) is 2.75. The van der Waals surface area contributed by atoms with E-state index in [2.05, 4.69) is 26.2 Å². The summed E-state index contributed by atoms with van der Waals surface area (Å²) in [6.07, 6.45) is 2.14. The van der Waals surface area contributed by atoms with Gasteiger partial charge in [0.1, 0.15) is 17.6 Å². The van der Waals surface area contributed by atoms with Gasteiger partial charge in [-0.15, -0.1) is 11.3 Å². The number of aromatic nitrogens is 2. The lowest BCUT2D eigenvalue weighted by Gasteiger charge is -2.06. The van der Waals surface area contributed by atoms with E-state index >= 15 is 0 Å². The molecule has 0 aliphatic heterocycles. The van der Waals surface area contributed by atoms with E-state index in [9.17, 15) is 9.59 Å². The maximum Gasteiger partial charge on any atom is 0.297 e. The molecule has 4 rings (SSSR count). The van der Waals surface area contributed by atoms with Crippen molar-refractivity contribution in [3.8, 4) is 0 Å². The smallest absolute Gasteiger partial charge is 0.297 e. The summed E-state index contributed by atoms with van der Waals surface area (Å²) in [5.74, 6) is -0.236. The topological polar surface area (TPSA) is 77.1 Å². The van der Waals surface area contributed by atoms with Crippen molar-refractivity contribution < 1.29 is 9.21 Å². The van der Waals surface area contributed by atoms with Crippen LogP contribution in [0.5, 0.6) is 0 Å². The van der Waals surface area contributed by atoms with Gasteiger partial charge in [-0.1, -0.05) is 12.1 Å². The quantitative estimate of drug-likeness (QED) is 0.525. The Morgan fingerprint density at radius 2 is 2.12 bits per heavy atom.